The molecule has 0 radical (unpaired) electrons. The molecule has 1 heterocycles. The van der Waals surface area contributed by atoms with Gasteiger partial charge in [0.25, 0.3) is 0 Å². The molecule has 0 atom stereocenters. The Morgan fingerprint density at radius 2 is 2.10 bits per heavy atom. The van der Waals surface area contributed by atoms with Crippen molar-refractivity contribution < 1.29 is 4.79 Å². The quantitative estimate of drug-likeness (QED) is 0.851. The van der Waals surface area contributed by atoms with Gasteiger partial charge in [0.05, 0.1) is 5.41 Å². The highest BCUT2D eigenvalue weighted by Gasteiger charge is 2.31. The standard InChI is InChI=1S/C17H23ClN2O/c1-11(2)7-8-19-16(21)17(3,4)14-10-20-15-6-5-12(18)9-13(14)15/h5-6,9-11,20H,7-8H2,1-4H3,(H,19,21). The lowest BCUT2D eigenvalue weighted by Gasteiger charge is -2.23. The van der Waals surface area contributed by atoms with Crippen LogP contribution in [0.5, 0.6) is 0 Å². The van der Waals surface area contributed by atoms with E-state index in [0.29, 0.717) is 17.5 Å². The lowest BCUT2D eigenvalue weighted by Crippen LogP contribution is -2.40. The van der Waals surface area contributed by atoms with Gasteiger partial charge in [-0.2, -0.15) is 0 Å². The molecule has 0 aliphatic heterocycles. The third-order valence-electron chi connectivity index (χ3n) is 3.89. The first kappa shape index (κ1) is 15.9. The minimum atomic E-state index is -0.597. The molecule has 3 nitrogen and oxygen atoms in total. The van der Waals surface area contributed by atoms with Crippen LogP contribution in [0, 0.1) is 5.92 Å². The van der Waals surface area contributed by atoms with Gasteiger partial charge in [0, 0.05) is 28.7 Å². The van der Waals surface area contributed by atoms with Gasteiger partial charge < -0.3 is 10.3 Å². The zero-order chi connectivity index (χ0) is 15.6. The number of halogens is 1. The lowest BCUT2D eigenvalue weighted by molar-refractivity contribution is -0.125. The van der Waals surface area contributed by atoms with E-state index in [1.54, 1.807) is 0 Å². The number of amides is 1. The van der Waals surface area contributed by atoms with Crippen LogP contribution in [0.15, 0.2) is 24.4 Å². The highest BCUT2D eigenvalue weighted by atomic mass is 35.5. The molecule has 2 N–H and O–H groups in total. The van der Waals surface area contributed by atoms with Crippen LogP contribution in [0.2, 0.25) is 5.02 Å². The molecule has 4 heteroatoms. The number of benzene rings is 1. The van der Waals surface area contributed by atoms with Crippen molar-refractivity contribution >= 4 is 28.4 Å². The van der Waals surface area contributed by atoms with Crippen LogP contribution >= 0.6 is 11.6 Å². The fourth-order valence-electron chi connectivity index (χ4n) is 2.43. The van der Waals surface area contributed by atoms with Gasteiger partial charge in [-0.05, 0) is 49.9 Å². The monoisotopic (exact) mass is 306 g/mol. The van der Waals surface area contributed by atoms with Crippen LogP contribution < -0.4 is 5.32 Å². The lowest BCUT2D eigenvalue weighted by atomic mass is 9.83. The highest BCUT2D eigenvalue weighted by Crippen LogP contribution is 2.32. The van der Waals surface area contributed by atoms with Crippen molar-refractivity contribution in [2.45, 2.75) is 39.5 Å². The Kier molecular flexibility index (Phi) is 4.62. The third kappa shape index (κ3) is 3.41. The molecule has 21 heavy (non-hydrogen) atoms. The Morgan fingerprint density at radius 1 is 1.38 bits per heavy atom. The van der Waals surface area contributed by atoms with Gasteiger partial charge in [-0.3, -0.25) is 4.79 Å². The van der Waals surface area contributed by atoms with Gasteiger partial charge in [0.15, 0.2) is 0 Å². The third-order valence-corrected chi connectivity index (χ3v) is 4.13. The Balaban J connectivity index is 2.24. The molecule has 0 fully saturated rings. The summed E-state index contributed by atoms with van der Waals surface area (Å²) in [7, 11) is 0. The summed E-state index contributed by atoms with van der Waals surface area (Å²) in [5, 5.41) is 4.72. The fraction of sp³-hybridized carbons (Fsp3) is 0.471. The van der Waals surface area contributed by atoms with Crippen molar-refractivity contribution in [3.05, 3.63) is 35.0 Å². The molecule has 0 saturated heterocycles. The van der Waals surface area contributed by atoms with Gasteiger partial charge in [0.1, 0.15) is 0 Å². The molecule has 1 aromatic carbocycles. The number of carbonyl (C=O) groups excluding carboxylic acids is 1. The van der Waals surface area contributed by atoms with Gasteiger partial charge in [-0.1, -0.05) is 25.4 Å². The maximum absolute atomic E-state index is 12.5. The molecular weight excluding hydrogens is 284 g/mol. The molecule has 2 aromatic rings. The van der Waals surface area contributed by atoms with E-state index in [4.69, 9.17) is 11.6 Å². The Morgan fingerprint density at radius 3 is 2.76 bits per heavy atom. The zero-order valence-electron chi connectivity index (χ0n) is 13.1. The molecule has 2 rings (SSSR count). The van der Waals surface area contributed by atoms with Gasteiger partial charge in [-0.25, -0.2) is 0 Å². The number of aromatic nitrogens is 1. The second-order valence-electron chi connectivity index (χ2n) is 6.46. The SMILES string of the molecule is CC(C)CCNC(=O)C(C)(C)c1c[nH]c2ccc(Cl)cc12. The van der Waals surface area contributed by atoms with E-state index in [1.165, 1.54) is 0 Å². The van der Waals surface area contributed by atoms with Crippen LogP contribution in [0.1, 0.15) is 39.7 Å². The van der Waals surface area contributed by atoms with Gasteiger partial charge in [-0.15, -0.1) is 0 Å². The summed E-state index contributed by atoms with van der Waals surface area (Å²) >= 11 is 6.08. The van der Waals surface area contributed by atoms with Crippen LogP contribution in [0.3, 0.4) is 0 Å². The van der Waals surface area contributed by atoms with Crippen LogP contribution in [0.25, 0.3) is 10.9 Å². The largest absolute Gasteiger partial charge is 0.361 e. The molecule has 0 spiro atoms. The first-order valence-electron chi connectivity index (χ1n) is 7.37. The molecule has 0 bridgehead atoms. The van der Waals surface area contributed by atoms with E-state index in [-0.39, 0.29) is 5.91 Å². The summed E-state index contributed by atoms with van der Waals surface area (Å²) in [4.78, 5) is 15.7. The highest BCUT2D eigenvalue weighted by molar-refractivity contribution is 6.31. The van der Waals surface area contributed by atoms with Gasteiger partial charge >= 0.3 is 0 Å². The van der Waals surface area contributed by atoms with Crippen molar-refractivity contribution in [1.29, 1.82) is 0 Å². The Labute approximate surface area is 131 Å². The molecule has 1 aromatic heterocycles. The summed E-state index contributed by atoms with van der Waals surface area (Å²) in [5.74, 6) is 0.629. The summed E-state index contributed by atoms with van der Waals surface area (Å²) in [6, 6.07) is 5.69. The van der Waals surface area contributed by atoms with E-state index in [2.05, 4.69) is 24.1 Å². The number of rotatable bonds is 5. The maximum atomic E-state index is 12.5. The number of H-pyrrole nitrogens is 1. The van der Waals surface area contributed by atoms with Crippen LogP contribution in [-0.2, 0) is 10.2 Å². The summed E-state index contributed by atoms with van der Waals surface area (Å²) in [6.45, 7) is 8.91. The van der Waals surface area contributed by atoms with E-state index in [1.807, 2.05) is 38.2 Å². The smallest absolute Gasteiger partial charge is 0.230 e. The van der Waals surface area contributed by atoms with Crippen molar-refractivity contribution in [2.75, 3.05) is 6.54 Å². The van der Waals surface area contributed by atoms with E-state index in [9.17, 15) is 4.79 Å². The Bertz CT molecular complexity index is 643. The van der Waals surface area contributed by atoms with E-state index < -0.39 is 5.41 Å². The topological polar surface area (TPSA) is 44.9 Å². The first-order valence-corrected chi connectivity index (χ1v) is 7.75. The summed E-state index contributed by atoms with van der Waals surface area (Å²) < 4.78 is 0. The Hall–Kier alpha value is -1.48. The summed E-state index contributed by atoms with van der Waals surface area (Å²) in [5.41, 5.74) is 1.37. The van der Waals surface area contributed by atoms with Crippen molar-refractivity contribution in [3.8, 4) is 0 Å². The zero-order valence-corrected chi connectivity index (χ0v) is 13.8. The van der Waals surface area contributed by atoms with Crippen molar-refractivity contribution in [1.82, 2.24) is 10.3 Å². The number of nitrogens with one attached hydrogen (secondary N) is 2. The predicted octanol–water partition coefficient (Wildman–Crippen LogP) is 4.26. The van der Waals surface area contributed by atoms with E-state index in [0.717, 1.165) is 22.9 Å². The molecule has 0 aliphatic rings. The predicted molar refractivity (Wildman–Crippen MR) is 88.8 cm³/mol. The first-order chi connectivity index (χ1) is 9.82. The van der Waals surface area contributed by atoms with Crippen molar-refractivity contribution in [2.24, 2.45) is 5.92 Å². The minimum Gasteiger partial charge on any atom is -0.361 e. The molecule has 1 amide bonds. The number of aromatic amines is 1. The molecule has 0 unspecified atom stereocenters. The fourth-order valence-corrected chi connectivity index (χ4v) is 2.60. The minimum absolute atomic E-state index is 0.0454. The number of hydrogen-bond acceptors (Lipinski definition) is 1. The molecule has 114 valence electrons. The van der Waals surface area contributed by atoms with E-state index >= 15 is 0 Å². The molecular formula is C17H23ClN2O. The number of carbonyl (C=O) groups is 1. The average molecular weight is 307 g/mol. The average Bonchev–Trinajstić information content (AvgIpc) is 2.81. The van der Waals surface area contributed by atoms with Crippen molar-refractivity contribution in [3.63, 3.8) is 0 Å². The maximum Gasteiger partial charge on any atom is 0.230 e. The number of fused-ring (bicyclic) bond motifs is 1. The molecule has 0 saturated carbocycles. The van der Waals surface area contributed by atoms with Crippen LogP contribution in [0.4, 0.5) is 0 Å². The van der Waals surface area contributed by atoms with Crippen LogP contribution in [-0.4, -0.2) is 17.4 Å². The normalized spacial score (nSPS) is 12.1. The molecule has 0 aliphatic carbocycles. The number of hydrogen-bond donors (Lipinski definition) is 2. The second kappa shape index (κ2) is 6.10. The summed E-state index contributed by atoms with van der Waals surface area (Å²) in [6.07, 6.45) is 2.89. The van der Waals surface area contributed by atoms with Gasteiger partial charge in [0.2, 0.25) is 5.91 Å². The second-order valence-corrected chi connectivity index (χ2v) is 6.89.